The molecule has 0 unspecified atom stereocenters. The summed E-state index contributed by atoms with van der Waals surface area (Å²) in [4.78, 5) is 28.0. The lowest BCUT2D eigenvalue weighted by Crippen LogP contribution is -2.53. The van der Waals surface area contributed by atoms with E-state index in [1.165, 1.54) is 0 Å². The molecule has 1 saturated heterocycles. The van der Waals surface area contributed by atoms with E-state index in [2.05, 4.69) is 10.6 Å². The number of carbonyl (C=O) groups is 2. The van der Waals surface area contributed by atoms with Crippen LogP contribution in [-0.2, 0) is 6.54 Å². The summed E-state index contributed by atoms with van der Waals surface area (Å²) in [6.07, 6.45) is 0. The van der Waals surface area contributed by atoms with Crippen LogP contribution in [0.25, 0.3) is 0 Å². The number of halogens is 2. The van der Waals surface area contributed by atoms with Gasteiger partial charge >= 0.3 is 12.1 Å². The fraction of sp³-hybridized carbons (Fsp3) is 0.263. The van der Waals surface area contributed by atoms with E-state index in [1.54, 1.807) is 40.1 Å². The first kappa shape index (κ1) is 19.3. The minimum Gasteiger partial charge on any atom is -0.334 e. The zero-order valence-electron chi connectivity index (χ0n) is 14.6. The number of carbonyl (C=O) groups excluding carboxylic acids is 2. The van der Waals surface area contributed by atoms with Gasteiger partial charge in [0.05, 0.1) is 0 Å². The molecule has 0 saturated carbocycles. The molecule has 1 heterocycles. The summed E-state index contributed by atoms with van der Waals surface area (Å²) in [7, 11) is 0. The van der Waals surface area contributed by atoms with Crippen LogP contribution in [-0.4, -0.2) is 48.0 Å². The Morgan fingerprint density at radius 3 is 2.22 bits per heavy atom. The summed E-state index contributed by atoms with van der Waals surface area (Å²) in [6, 6.07) is 14.0. The van der Waals surface area contributed by atoms with Gasteiger partial charge in [-0.2, -0.15) is 0 Å². The first-order valence-electron chi connectivity index (χ1n) is 8.60. The Balaban J connectivity index is 1.46. The highest BCUT2D eigenvalue weighted by atomic mass is 35.5. The van der Waals surface area contributed by atoms with Crippen molar-refractivity contribution in [2.45, 2.75) is 6.54 Å². The Labute approximate surface area is 168 Å². The SMILES string of the molecule is O=C(NCc1ccccc1Cl)N1CCN(C(=O)Nc2cccc(Cl)c2)CC1. The van der Waals surface area contributed by atoms with Crippen molar-refractivity contribution in [2.75, 3.05) is 31.5 Å². The van der Waals surface area contributed by atoms with Gasteiger partial charge in [-0.05, 0) is 29.8 Å². The summed E-state index contributed by atoms with van der Waals surface area (Å²) in [5.74, 6) is 0. The Morgan fingerprint density at radius 2 is 1.56 bits per heavy atom. The van der Waals surface area contributed by atoms with Crippen molar-refractivity contribution in [1.29, 1.82) is 0 Å². The highest BCUT2D eigenvalue weighted by molar-refractivity contribution is 6.31. The fourth-order valence-corrected chi connectivity index (χ4v) is 3.20. The predicted octanol–water partition coefficient (Wildman–Crippen LogP) is 4.05. The molecule has 0 aliphatic carbocycles. The van der Waals surface area contributed by atoms with Gasteiger partial charge in [0, 0.05) is 48.5 Å². The molecular formula is C19H20Cl2N4O2. The number of urea groups is 2. The van der Waals surface area contributed by atoms with Crippen molar-refractivity contribution in [3.63, 3.8) is 0 Å². The van der Waals surface area contributed by atoms with Crippen LogP contribution >= 0.6 is 23.2 Å². The van der Waals surface area contributed by atoms with Crippen molar-refractivity contribution < 1.29 is 9.59 Å². The van der Waals surface area contributed by atoms with Crippen molar-refractivity contribution >= 4 is 41.0 Å². The van der Waals surface area contributed by atoms with Crippen LogP contribution < -0.4 is 10.6 Å². The second-order valence-electron chi connectivity index (χ2n) is 6.16. The van der Waals surface area contributed by atoms with Gasteiger partial charge in [0.25, 0.3) is 0 Å². The lowest BCUT2D eigenvalue weighted by Gasteiger charge is -2.34. The number of benzene rings is 2. The van der Waals surface area contributed by atoms with E-state index in [4.69, 9.17) is 23.2 Å². The molecule has 6 nitrogen and oxygen atoms in total. The van der Waals surface area contributed by atoms with Gasteiger partial charge in [-0.25, -0.2) is 9.59 Å². The van der Waals surface area contributed by atoms with Gasteiger partial charge in [0.15, 0.2) is 0 Å². The third kappa shape index (κ3) is 5.28. The Hall–Kier alpha value is -2.44. The number of nitrogens with zero attached hydrogens (tertiary/aromatic N) is 2. The van der Waals surface area contributed by atoms with Crippen LogP contribution in [0.4, 0.5) is 15.3 Å². The summed E-state index contributed by atoms with van der Waals surface area (Å²) < 4.78 is 0. The molecule has 0 aromatic heterocycles. The smallest absolute Gasteiger partial charge is 0.321 e. The Bertz CT molecular complexity index is 823. The Morgan fingerprint density at radius 1 is 0.889 bits per heavy atom. The standard InChI is InChI=1S/C19H20Cl2N4O2/c20-15-5-3-6-16(12-15)23-19(27)25-10-8-24(9-11-25)18(26)22-13-14-4-1-2-7-17(14)21/h1-7,12H,8-11,13H2,(H,22,26)(H,23,27). The zero-order chi connectivity index (χ0) is 19.2. The third-order valence-corrected chi connectivity index (χ3v) is 4.92. The maximum Gasteiger partial charge on any atom is 0.321 e. The van der Waals surface area contributed by atoms with Crippen LogP contribution in [0.2, 0.25) is 10.0 Å². The van der Waals surface area contributed by atoms with Crippen LogP contribution in [0.15, 0.2) is 48.5 Å². The number of hydrogen-bond acceptors (Lipinski definition) is 2. The number of anilines is 1. The molecule has 2 aromatic rings. The number of amides is 4. The molecule has 1 fully saturated rings. The zero-order valence-corrected chi connectivity index (χ0v) is 16.1. The molecule has 142 valence electrons. The first-order chi connectivity index (χ1) is 13.0. The lowest BCUT2D eigenvalue weighted by atomic mass is 10.2. The van der Waals surface area contributed by atoms with Crippen molar-refractivity contribution in [3.8, 4) is 0 Å². The summed E-state index contributed by atoms with van der Waals surface area (Å²) in [5, 5.41) is 6.87. The van der Waals surface area contributed by atoms with Crippen LogP contribution in [0.3, 0.4) is 0 Å². The molecule has 1 aliphatic rings. The normalized spacial score (nSPS) is 14.0. The average molecular weight is 407 g/mol. The molecule has 1 aliphatic heterocycles. The molecule has 0 spiro atoms. The minimum absolute atomic E-state index is 0.162. The molecule has 27 heavy (non-hydrogen) atoms. The van der Waals surface area contributed by atoms with Crippen molar-refractivity contribution in [1.82, 2.24) is 15.1 Å². The van der Waals surface area contributed by atoms with Gasteiger partial charge in [-0.15, -0.1) is 0 Å². The van der Waals surface area contributed by atoms with Gasteiger partial charge in [0.1, 0.15) is 0 Å². The molecule has 2 aromatic carbocycles. The molecule has 0 bridgehead atoms. The third-order valence-electron chi connectivity index (χ3n) is 4.32. The molecule has 2 N–H and O–H groups in total. The average Bonchev–Trinajstić information content (AvgIpc) is 2.67. The van der Waals surface area contributed by atoms with E-state index in [9.17, 15) is 9.59 Å². The second kappa shape index (κ2) is 8.97. The number of rotatable bonds is 3. The maximum absolute atomic E-state index is 12.3. The molecule has 8 heteroatoms. The predicted molar refractivity (Wildman–Crippen MR) is 107 cm³/mol. The summed E-state index contributed by atoms with van der Waals surface area (Å²) in [5.41, 5.74) is 1.51. The highest BCUT2D eigenvalue weighted by Crippen LogP contribution is 2.16. The summed E-state index contributed by atoms with van der Waals surface area (Å²) >= 11 is 12.0. The first-order valence-corrected chi connectivity index (χ1v) is 9.36. The molecule has 0 radical (unpaired) electrons. The molecule has 3 rings (SSSR count). The van der Waals surface area contributed by atoms with E-state index in [0.717, 1.165) is 5.56 Å². The van der Waals surface area contributed by atoms with E-state index in [1.807, 2.05) is 18.2 Å². The van der Waals surface area contributed by atoms with E-state index in [0.29, 0.717) is 48.5 Å². The number of hydrogen-bond donors (Lipinski definition) is 2. The maximum atomic E-state index is 12.3. The van der Waals surface area contributed by atoms with Gasteiger partial charge < -0.3 is 20.4 Å². The van der Waals surface area contributed by atoms with E-state index in [-0.39, 0.29) is 12.1 Å². The monoisotopic (exact) mass is 406 g/mol. The topological polar surface area (TPSA) is 64.7 Å². The largest absolute Gasteiger partial charge is 0.334 e. The van der Waals surface area contributed by atoms with Crippen LogP contribution in [0.1, 0.15) is 5.56 Å². The van der Waals surface area contributed by atoms with Crippen molar-refractivity contribution in [3.05, 3.63) is 64.1 Å². The van der Waals surface area contributed by atoms with E-state index < -0.39 is 0 Å². The Kier molecular flexibility index (Phi) is 6.42. The van der Waals surface area contributed by atoms with Gasteiger partial charge in [0.2, 0.25) is 0 Å². The van der Waals surface area contributed by atoms with Crippen molar-refractivity contribution in [2.24, 2.45) is 0 Å². The second-order valence-corrected chi connectivity index (χ2v) is 7.01. The molecular weight excluding hydrogens is 387 g/mol. The van der Waals surface area contributed by atoms with Gasteiger partial charge in [-0.3, -0.25) is 0 Å². The fourth-order valence-electron chi connectivity index (χ4n) is 2.81. The highest BCUT2D eigenvalue weighted by Gasteiger charge is 2.24. The van der Waals surface area contributed by atoms with E-state index >= 15 is 0 Å². The number of piperazine rings is 1. The van der Waals surface area contributed by atoms with Crippen LogP contribution in [0.5, 0.6) is 0 Å². The quantitative estimate of drug-likeness (QED) is 0.806. The molecule has 4 amide bonds. The lowest BCUT2D eigenvalue weighted by molar-refractivity contribution is 0.149. The number of nitrogens with one attached hydrogen (secondary N) is 2. The minimum atomic E-state index is -0.201. The van der Waals surface area contributed by atoms with Crippen LogP contribution in [0, 0.1) is 0 Å². The molecule has 0 atom stereocenters. The van der Waals surface area contributed by atoms with Gasteiger partial charge in [-0.1, -0.05) is 47.5 Å². The summed E-state index contributed by atoms with van der Waals surface area (Å²) in [6.45, 7) is 2.24.